The lowest BCUT2D eigenvalue weighted by Gasteiger charge is -2.16. The predicted octanol–water partition coefficient (Wildman–Crippen LogP) is 3.82. The van der Waals surface area contributed by atoms with E-state index in [4.69, 9.17) is 0 Å². The Morgan fingerprint density at radius 2 is 1.93 bits per heavy atom. The van der Waals surface area contributed by atoms with E-state index in [0.717, 1.165) is 0 Å². The molecule has 0 amide bonds. The zero-order valence-electron chi connectivity index (χ0n) is 8.40. The first-order chi connectivity index (χ1) is 6.32. The van der Waals surface area contributed by atoms with Crippen LogP contribution in [0.3, 0.4) is 0 Å². The lowest BCUT2D eigenvalue weighted by Crippen LogP contribution is -2.20. The molecule has 0 atom stereocenters. The van der Waals surface area contributed by atoms with Crippen LogP contribution in [-0.4, -0.2) is 5.78 Å². The summed E-state index contributed by atoms with van der Waals surface area (Å²) in [5.74, 6) is -0.455. The fourth-order valence-electron chi connectivity index (χ4n) is 1.07. The molecule has 0 heterocycles. The Balaban J connectivity index is 3.10. The molecular weight excluding hydrogens is 247 g/mol. The van der Waals surface area contributed by atoms with Crippen LogP contribution in [0, 0.1) is 11.2 Å². The molecule has 1 rings (SSSR count). The fraction of sp³-hybridized carbons (Fsp3) is 0.364. The molecule has 76 valence electrons. The highest BCUT2D eigenvalue weighted by Gasteiger charge is 2.23. The van der Waals surface area contributed by atoms with Crippen molar-refractivity contribution in [3.8, 4) is 0 Å². The summed E-state index contributed by atoms with van der Waals surface area (Å²) in [4.78, 5) is 11.7. The second-order valence-electron chi connectivity index (χ2n) is 4.21. The van der Waals surface area contributed by atoms with Gasteiger partial charge in [-0.05, 0) is 28.1 Å². The minimum Gasteiger partial charge on any atom is -0.294 e. The largest absolute Gasteiger partial charge is 0.294 e. The van der Waals surface area contributed by atoms with Gasteiger partial charge in [-0.2, -0.15) is 0 Å². The maximum Gasteiger partial charge on any atom is 0.168 e. The van der Waals surface area contributed by atoms with Crippen LogP contribution >= 0.6 is 15.9 Å². The molecule has 0 aliphatic carbocycles. The summed E-state index contributed by atoms with van der Waals surface area (Å²) in [5, 5.41) is 0. The van der Waals surface area contributed by atoms with E-state index in [-0.39, 0.29) is 5.78 Å². The van der Waals surface area contributed by atoms with E-state index in [1.54, 1.807) is 12.1 Å². The molecule has 1 aromatic rings. The smallest absolute Gasteiger partial charge is 0.168 e. The molecule has 0 spiro atoms. The molecule has 0 bridgehead atoms. The van der Waals surface area contributed by atoms with E-state index >= 15 is 0 Å². The van der Waals surface area contributed by atoms with E-state index in [0.29, 0.717) is 10.0 Å². The molecule has 0 saturated heterocycles. The first-order valence-electron chi connectivity index (χ1n) is 4.32. The SMILES string of the molecule is CC(C)(C)C(=O)c1ccc(Br)c(F)c1. The third kappa shape index (κ3) is 2.41. The molecule has 0 fully saturated rings. The van der Waals surface area contributed by atoms with E-state index < -0.39 is 11.2 Å². The molecule has 0 N–H and O–H groups in total. The zero-order chi connectivity index (χ0) is 10.9. The van der Waals surface area contributed by atoms with Crippen molar-refractivity contribution >= 4 is 21.7 Å². The van der Waals surface area contributed by atoms with Gasteiger partial charge in [-0.15, -0.1) is 0 Å². The van der Waals surface area contributed by atoms with Crippen LogP contribution in [-0.2, 0) is 0 Å². The molecular formula is C11H12BrFO. The van der Waals surface area contributed by atoms with Crippen LogP contribution in [0.4, 0.5) is 4.39 Å². The van der Waals surface area contributed by atoms with Crippen molar-refractivity contribution in [2.24, 2.45) is 5.41 Å². The van der Waals surface area contributed by atoms with Gasteiger partial charge in [0.15, 0.2) is 5.78 Å². The number of rotatable bonds is 1. The van der Waals surface area contributed by atoms with Crippen LogP contribution < -0.4 is 0 Å². The number of carbonyl (C=O) groups excluding carboxylic acids is 1. The lowest BCUT2D eigenvalue weighted by molar-refractivity contribution is 0.0858. The van der Waals surface area contributed by atoms with E-state index in [1.165, 1.54) is 6.07 Å². The van der Waals surface area contributed by atoms with Crippen molar-refractivity contribution in [2.45, 2.75) is 20.8 Å². The predicted molar refractivity (Wildman–Crippen MR) is 57.9 cm³/mol. The Kier molecular flexibility index (Phi) is 3.10. The Morgan fingerprint density at radius 3 is 2.36 bits per heavy atom. The molecule has 0 radical (unpaired) electrons. The van der Waals surface area contributed by atoms with Crippen molar-refractivity contribution < 1.29 is 9.18 Å². The van der Waals surface area contributed by atoms with Crippen LogP contribution in [0.2, 0.25) is 0 Å². The molecule has 0 unspecified atom stereocenters. The highest BCUT2D eigenvalue weighted by atomic mass is 79.9. The lowest BCUT2D eigenvalue weighted by atomic mass is 9.86. The third-order valence-electron chi connectivity index (χ3n) is 1.86. The number of hydrogen-bond acceptors (Lipinski definition) is 1. The Labute approximate surface area is 91.5 Å². The standard InChI is InChI=1S/C11H12BrFO/c1-11(2,3)10(14)7-4-5-8(12)9(13)6-7/h4-6H,1-3H3. The second-order valence-corrected chi connectivity index (χ2v) is 5.06. The first-order valence-corrected chi connectivity index (χ1v) is 5.11. The second kappa shape index (κ2) is 3.81. The molecule has 0 aromatic heterocycles. The molecule has 1 nitrogen and oxygen atoms in total. The van der Waals surface area contributed by atoms with Gasteiger partial charge in [-0.3, -0.25) is 4.79 Å². The Hall–Kier alpha value is -0.700. The van der Waals surface area contributed by atoms with Crippen molar-refractivity contribution in [2.75, 3.05) is 0 Å². The molecule has 3 heteroatoms. The van der Waals surface area contributed by atoms with Gasteiger partial charge in [-0.1, -0.05) is 26.8 Å². The van der Waals surface area contributed by atoms with Gasteiger partial charge in [0.05, 0.1) is 4.47 Å². The summed E-state index contributed by atoms with van der Waals surface area (Å²) in [6.07, 6.45) is 0. The molecule has 0 saturated carbocycles. The van der Waals surface area contributed by atoms with Crippen molar-refractivity contribution in [1.82, 2.24) is 0 Å². The molecule has 0 aliphatic rings. The highest BCUT2D eigenvalue weighted by Crippen LogP contribution is 2.23. The Bertz CT molecular complexity index is 366. The monoisotopic (exact) mass is 258 g/mol. The summed E-state index contributed by atoms with van der Waals surface area (Å²) in [7, 11) is 0. The average Bonchev–Trinajstić information content (AvgIpc) is 2.07. The number of halogens is 2. The topological polar surface area (TPSA) is 17.1 Å². The van der Waals surface area contributed by atoms with Crippen molar-refractivity contribution in [3.05, 3.63) is 34.1 Å². The minimum absolute atomic E-state index is 0.0519. The number of benzene rings is 1. The number of Topliss-reactive ketones (excluding diaryl/α,β-unsaturated/α-hetero) is 1. The summed E-state index contributed by atoms with van der Waals surface area (Å²) < 4.78 is 13.5. The minimum atomic E-state index is -0.472. The number of carbonyl (C=O) groups is 1. The van der Waals surface area contributed by atoms with E-state index in [1.807, 2.05) is 20.8 Å². The third-order valence-corrected chi connectivity index (χ3v) is 2.51. The maximum atomic E-state index is 13.1. The van der Waals surface area contributed by atoms with Crippen LogP contribution in [0.15, 0.2) is 22.7 Å². The van der Waals surface area contributed by atoms with Gasteiger partial charge in [0.1, 0.15) is 5.82 Å². The average molecular weight is 259 g/mol. The highest BCUT2D eigenvalue weighted by molar-refractivity contribution is 9.10. The fourth-order valence-corrected chi connectivity index (χ4v) is 1.32. The van der Waals surface area contributed by atoms with E-state index in [9.17, 15) is 9.18 Å². The van der Waals surface area contributed by atoms with Gasteiger partial charge in [-0.25, -0.2) is 4.39 Å². The van der Waals surface area contributed by atoms with Gasteiger partial charge < -0.3 is 0 Å². The van der Waals surface area contributed by atoms with Crippen molar-refractivity contribution in [1.29, 1.82) is 0 Å². The van der Waals surface area contributed by atoms with Crippen molar-refractivity contribution in [3.63, 3.8) is 0 Å². The normalized spacial score (nSPS) is 11.5. The number of hydrogen-bond donors (Lipinski definition) is 0. The summed E-state index contributed by atoms with van der Waals surface area (Å²) in [6.45, 7) is 5.44. The van der Waals surface area contributed by atoms with Crippen LogP contribution in [0.25, 0.3) is 0 Å². The quantitative estimate of drug-likeness (QED) is 0.701. The van der Waals surface area contributed by atoms with Crippen LogP contribution in [0.5, 0.6) is 0 Å². The molecule has 14 heavy (non-hydrogen) atoms. The first kappa shape index (κ1) is 11.4. The van der Waals surface area contributed by atoms with Gasteiger partial charge >= 0.3 is 0 Å². The van der Waals surface area contributed by atoms with E-state index in [2.05, 4.69) is 15.9 Å². The van der Waals surface area contributed by atoms with Gasteiger partial charge in [0, 0.05) is 11.0 Å². The maximum absolute atomic E-state index is 13.1. The van der Waals surface area contributed by atoms with Gasteiger partial charge in [0.2, 0.25) is 0 Å². The summed E-state index contributed by atoms with van der Waals surface area (Å²) >= 11 is 3.04. The Morgan fingerprint density at radius 1 is 1.36 bits per heavy atom. The summed E-state index contributed by atoms with van der Waals surface area (Å²) in [5.41, 5.74) is -0.0570. The molecule has 1 aromatic carbocycles. The summed E-state index contributed by atoms with van der Waals surface area (Å²) in [6, 6.07) is 4.44. The molecule has 0 aliphatic heterocycles. The number of ketones is 1. The van der Waals surface area contributed by atoms with Crippen LogP contribution in [0.1, 0.15) is 31.1 Å². The van der Waals surface area contributed by atoms with Gasteiger partial charge in [0.25, 0.3) is 0 Å². The zero-order valence-corrected chi connectivity index (χ0v) is 9.98.